The van der Waals surface area contributed by atoms with Gasteiger partial charge in [0.05, 0.1) is 13.2 Å². The van der Waals surface area contributed by atoms with Gasteiger partial charge in [0.2, 0.25) is 5.88 Å². The van der Waals surface area contributed by atoms with Gasteiger partial charge in [-0.15, -0.1) is 11.8 Å². The van der Waals surface area contributed by atoms with Crippen molar-refractivity contribution in [3.63, 3.8) is 0 Å². The summed E-state index contributed by atoms with van der Waals surface area (Å²) in [6.45, 7) is 5.95. The maximum atomic E-state index is 6.24. The lowest BCUT2D eigenvalue weighted by atomic mass is 9.92. The molecule has 1 aromatic heterocycles. The molecule has 0 bridgehead atoms. The second-order valence-corrected chi connectivity index (χ2v) is 9.01. The van der Waals surface area contributed by atoms with Gasteiger partial charge in [0.15, 0.2) is 0 Å². The Balaban J connectivity index is 1.22. The van der Waals surface area contributed by atoms with E-state index in [-0.39, 0.29) is 0 Å². The second-order valence-electron chi connectivity index (χ2n) is 7.53. The lowest BCUT2D eigenvalue weighted by molar-refractivity contribution is -0.0133. The van der Waals surface area contributed by atoms with Crippen molar-refractivity contribution in [3.8, 4) is 5.88 Å². The number of rotatable bonds is 6. The molecule has 0 aliphatic carbocycles. The third-order valence-corrected chi connectivity index (χ3v) is 7.12. The SMILES string of the molecule is COc1ncccc1CN1CC2(C[C@@H](OCC3CCOCC3)CS2)C1. The van der Waals surface area contributed by atoms with Gasteiger partial charge in [-0.05, 0) is 31.2 Å². The number of hydrogen-bond acceptors (Lipinski definition) is 6. The maximum Gasteiger partial charge on any atom is 0.217 e. The largest absolute Gasteiger partial charge is 0.481 e. The second kappa shape index (κ2) is 7.82. The first-order chi connectivity index (χ1) is 12.3. The number of thioether (sulfide) groups is 1. The summed E-state index contributed by atoms with van der Waals surface area (Å²) in [7, 11) is 1.69. The average Bonchev–Trinajstić information content (AvgIpc) is 3.05. The maximum absolute atomic E-state index is 6.24. The highest BCUT2D eigenvalue weighted by atomic mass is 32.2. The van der Waals surface area contributed by atoms with Crippen LogP contribution in [0.15, 0.2) is 18.3 Å². The summed E-state index contributed by atoms with van der Waals surface area (Å²) in [4.78, 5) is 6.79. The van der Waals surface area contributed by atoms with Crippen LogP contribution in [0.4, 0.5) is 0 Å². The van der Waals surface area contributed by atoms with Crippen LogP contribution < -0.4 is 4.74 Å². The predicted molar refractivity (Wildman–Crippen MR) is 99.2 cm³/mol. The fourth-order valence-electron chi connectivity index (χ4n) is 4.16. The van der Waals surface area contributed by atoms with Crippen LogP contribution in [0.1, 0.15) is 24.8 Å². The van der Waals surface area contributed by atoms with Crippen molar-refractivity contribution < 1.29 is 14.2 Å². The molecular weight excluding hydrogens is 336 g/mol. The summed E-state index contributed by atoms with van der Waals surface area (Å²) in [5, 5.41) is 0. The highest BCUT2D eigenvalue weighted by Gasteiger charge is 2.49. The molecule has 4 rings (SSSR count). The van der Waals surface area contributed by atoms with Crippen molar-refractivity contribution in [2.24, 2.45) is 5.92 Å². The quantitative estimate of drug-likeness (QED) is 0.773. The summed E-state index contributed by atoms with van der Waals surface area (Å²) in [6.07, 6.45) is 5.73. The van der Waals surface area contributed by atoms with Crippen LogP contribution in [0.3, 0.4) is 0 Å². The first kappa shape index (κ1) is 17.6. The molecule has 3 aliphatic rings. The summed E-state index contributed by atoms with van der Waals surface area (Å²) >= 11 is 2.11. The molecule has 0 N–H and O–H groups in total. The van der Waals surface area contributed by atoms with E-state index in [9.17, 15) is 0 Å². The van der Waals surface area contributed by atoms with E-state index in [4.69, 9.17) is 14.2 Å². The number of ether oxygens (including phenoxy) is 3. The Kier molecular flexibility index (Phi) is 5.50. The van der Waals surface area contributed by atoms with E-state index in [0.717, 1.165) is 63.9 Å². The van der Waals surface area contributed by atoms with Crippen LogP contribution in [-0.4, -0.2) is 66.5 Å². The molecule has 1 spiro atoms. The van der Waals surface area contributed by atoms with Gasteiger partial charge in [-0.1, -0.05) is 6.07 Å². The number of methoxy groups -OCH3 is 1. The van der Waals surface area contributed by atoms with Gasteiger partial charge < -0.3 is 14.2 Å². The Bertz CT molecular complexity index is 574. The molecule has 0 unspecified atom stereocenters. The van der Waals surface area contributed by atoms with Crippen LogP contribution in [-0.2, 0) is 16.0 Å². The van der Waals surface area contributed by atoms with E-state index in [0.29, 0.717) is 16.8 Å². The van der Waals surface area contributed by atoms with Gasteiger partial charge in [-0.25, -0.2) is 4.98 Å². The third-order valence-electron chi connectivity index (χ3n) is 5.54. The lowest BCUT2D eigenvalue weighted by Crippen LogP contribution is -2.58. The Morgan fingerprint density at radius 1 is 1.36 bits per heavy atom. The monoisotopic (exact) mass is 364 g/mol. The van der Waals surface area contributed by atoms with Gasteiger partial charge in [0.25, 0.3) is 0 Å². The summed E-state index contributed by atoms with van der Waals surface area (Å²) < 4.78 is 17.4. The van der Waals surface area contributed by atoms with Crippen LogP contribution in [0.5, 0.6) is 5.88 Å². The Hall–Kier alpha value is -0.820. The number of pyridine rings is 1. The van der Waals surface area contributed by atoms with Crippen LogP contribution in [0, 0.1) is 5.92 Å². The van der Waals surface area contributed by atoms with Crippen LogP contribution in [0.2, 0.25) is 0 Å². The van der Waals surface area contributed by atoms with E-state index in [1.165, 1.54) is 12.0 Å². The van der Waals surface area contributed by atoms with E-state index < -0.39 is 0 Å². The van der Waals surface area contributed by atoms with Crippen molar-refractivity contribution in [1.82, 2.24) is 9.88 Å². The van der Waals surface area contributed by atoms with Crippen molar-refractivity contribution in [1.29, 1.82) is 0 Å². The van der Waals surface area contributed by atoms with Crippen molar-refractivity contribution in [3.05, 3.63) is 23.9 Å². The molecule has 0 aromatic carbocycles. The van der Waals surface area contributed by atoms with Crippen molar-refractivity contribution >= 4 is 11.8 Å². The molecule has 0 saturated carbocycles. The smallest absolute Gasteiger partial charge is 0.217 e. The normalized spacial score (nSPS) is 26.7. The molecule has 0 radical (unpaired) electrons. The highest BCUT2D eigenvalue weighted by Crippen LogP contribution is 2.46. The molecule has 138 valence electrons. The lowest BCUT2D eigenvalue weighted by Gasteiger charge is -2.47. The fourth-order valence-corrected chi connectivity index (χ4v) is 5.77. The average molecular weight is 365 g/mol. The molecule has 5 nitrogen and oxygen atoms in total. The first-order valence-corrected chi connectivity index (χ1v) is 10.3. The van der Waals surface area contributed by atoms with Crippen molar-refractivity contribution in [2.45, 2.75) is 36.7 Å². The van der Waals surface area contributed by atoms with Crippen LogP contribution >= 0.6 is 11.8 Å². The van der Waals surface area contributed by atoms with Crippen molar-refractivity contribution in [2.75, 3.05) is 45.8 Å². The minimum absolute atomic E-state index is 0.412. The van der Waals surface area contributed by atoms with E-state index in [1.54, 1.807) is 13.3 Å². The highest BCUT2D eigenvalue weighted by molar-refractivity contribution is 8.01. The zero-order valence-electron chi connectivity index (χ0n) is 15.0. The number of aromatic nitrogens is 1. The molecule has 6 heteroatoms. The molecule has 25 heavy (non-hydrogen) atoms. The summed E-state index contributed by atoms with van der Waals surface area (Å²) in [5.41, 5.74) is 1.18. The zero-order chi connectivity index (χ0) is 17.1. The minimum Gasteiger partial charge on any atom is -0.481 e. The van der Waals surface area contributed by atoms with E-state index in [2.05, 4.69) is 27.7 Å². The third kappa shape index (κ3) is 4.13. The van der Waals surface area contributed by atoms with Gasteiger partial charge in [0, 0.05) is 61.7 Å². The molecule has 3 aliphatic heterocycles. The standard InChI is InChI=1S/C19H28N2O3S/c1-22-18-16(3-2-6-20-18)10-21-13-19(14-21)9-17(12-25-19)24-11-15-4-7-23-8-5-15/h2-3,6,15,17H,4-5,7-14H2,1H3/t17-/m1/s1. The summed E-state index contributed by atoms with van der Waals surface area (Å²) in [5.74, 6) is 2.60. The molecule has 3 saturated heterocycles. The molecule has 0 amide bonds. The zero-order valence-corrected chi connectivity index (χ0v) is 15.8. The molecule has 1 atom stereocenters. The Morgan fingerprint density at radius 3 is 3.00 bits per heavy atom. The van der Waals surface area contributed by atoms with Gasteiger partial charge in [-0.2, -0.15) is 0 Å². The topological polar surface area (TPSA) is 43.8 Å². The predicted octanol–water partition coefficient (Wildman–Crippen LogP) is 2.59. The van der Waals surface area contributed by atoms with Gasteiger partial charge in [0.1, 0.15) is 0 Å². The summed E-state index contributed by atoms with van der Waals surface area (Å²) in [6, 6.07) is 4.09. The van der Waals surface area contributed by atoms with E-state index >= 15 is 0 Å². The Morgan fingerprint density at radius 2 is 2.20 bits per heavy atom. The number of likely N-dealkylation sites (tertiary alicyclic amines) is 1. The fraction of sp³-hybridized carbons (Fsp3) is 0.737. The first-order valence-electron chi connectivity index (χ1n) is 9.30. The Labute approximate surface area is 154 Å². The number of nitrogens with zero attached hydrogens (tertiary/aromatic N) is 2. The molecule has 3 fully saturated rings. The van der Waals surface area contributed by atoms with Crippen LogP contribution in [0.25, 0.3) is 0 Å². The number of hydrogen-bond donors (Lipinski definition) is 0. The van der Waals surface area contributed by atoms with E-state index in [1.807, 2.05) is 6.07 Å². The minimum atomic E-state index is 0.412. The molecular formula is C19H28N2O3S. The molecule has 1 aromatic rings. The van der Waals surface area contributed by atoms with Gasteiger partial charge in [-0.3, -0.25) is 4.90 Å². The van der Waals surface area contributed by atoms with Gasteiger partial charge >= 0.3 is 0 Å². The molecule has 4 heterocycles.